The summed E-state index contributed by atoms with van der Waals surface area (Å²) in [5, 5.41) is 0. The van der Waals surface area contributed by atoms with E-state index in [4.69, 9.17) is 0 Å². The fourth-order valence-corrected chi connectivity index (χ4v) is 3.19. The van der Waals surface area contributed by atoms with Crippen molar-refractivity contribution in [2.45, 2.75) is 18.9 Å². The number of pyridine rings is 1. The predicted molar refractivity (Wildman–Crippen MR) is 57.8 cm³/mol. The fraction of sp³-hybridized carbons (Fsp3) is 0.500. The molecule has 15 heavy (non-hydrogen) atoms. The van der Waals surface area contributed by atoms with Crippen molar-refractivity contribution in [3.8, 4) is 0 Å². The minimum atomic E-state index is -3.09. The van der Waals surface area contributed by atoms with Gasteiger partial charge in [0.05, 0.1) is 12.3 Å². The van der Waals surface area contributed by atoms with E-state index in [2.05, 4.69) is 4.98 Å². The lowest BCUT2D eigenvalue weighted by Gasteiger charge is -2.21. The van der Waals surface area contributed by atoms with Gasteiger partial charge in [-0.05, 0) is 24.5 Å². The van der Waals surface area contributed by atoms with Crippen LogP contribution in [0.15, 0.2) is 24.5 Å². The Morgan fingerprint density at radius 3 is 2.93 bits per heavy atom. The van der Waals surface area contributed by atoms with Crippen molar-refractivity contribution in [2.75, 3.05) is 12.8 Å². The standard InChI is InChI=1S/C10H14N2O2S/c1-15(13,14)12-7-3-5-10(12)9-4-2-6-11-8-9/h2,4,6,8,10H,3,5,7H2,1H3/t10-/m1/s1. The maximum atomic E-state index is 11.5. The van der Waals surface area contributed by atoms with Crippen LogP contribution in [0.2, 0.25) is 0 Å². The van der Waals surface area contributed by atoms with Gasteiger partial charge in [-0.3, -0.25) is 4.98 Å². The molecule has 0 radical (unpaired) electrons. The van der Waals surface area contributed by atoms with E-state index in [1.807, 2.05) is 12.1 Å². The Morgan fingerprint density at radius 2 is 2.33 bits per heavy atom. The van der Waals surface area contributed by atoms with Crippen LogP contribution in [0.25, 0.3) is 0 Å². The lowest BCUT2D eigenvalue weighted by Crippen LogP contribution is -2.29. The van der Waals surface area contributed by atoms with Crippen molar-refractivity contribution in [1.82, 2.24) is 9.29 Å². The molecule has 82 valence electrons. The summed E-state index contributed by atoms with van der Waals surface area (Å²) < 4.78 is 24.6. The van der Waals surface area contributed by atoms with Crippen LogP contribution >= 0.6 is 0 Å². The van der Waals surface area contributed by atoms with E-state index in [1.54, 1.807) is 16.7 Å². The lowest BCUT2D eigenvalue weighted by molar-refractivity contribution is 0.400. The van der Waals surface area contributed by atoms with Crippen LogP contribution < -0.4 is 0 Å². The molecule has 1 aliphatic rings. The van der Waals surface area contributed by atoms with Crippen LogP contribution in [0.1, 0.15) is 24.4 Å². The molecule has 1 atom stereocenters. The van der Waals surface area contributed by atoms with Crippen LogP contribution in [0.3, 0.4) is 0 Å². The molecule has 1 aliphatic heterocycles. The van der Waals surface area contributed by atoms with E-state index in [0.29, 0.717) is 6.54 Å². The summed E-state index contributed by atoms with van der Waals surface area (Å²) in [6.07, 6.45) is 6.52. The molecule has 1 saturated heterocycles. The molecule has 2 heterocycles. The van der Waals surface area contributed by atoms with Gasteiger partial charge in [0.25, 0.3) is 0 Å². The Hall–Kier alpha value is -0.940. The third-order valence-electron chi connectivity index (χ3n) is 2.70. The van der Waals surface area contributed by atoms with Gasteiger partial charge in [-0.15, -0.1) is 0 Å². The van der Waals surface area contributed by atoms with Crippen molar-refractivity contribution in [2.24, 2.45) is 0 Å². The molecule has 2 rings (SSSR count). The van der Waals surface area contributed by atoms with Gasteiger partial charge in [0.2, 0.25) is 10.0 Å². The highest BCUT2D eigenvalue weighted by Gasteiger charge is 2.32. The first-order valence-electron chi connectivity index (χ1n) is 4.96. The zero-order chi connectivity index (χ0) is 10.9. The van der Waals surface area contributed by atoms with Gasteiger partial charge in [0.15, 0.2) is 0 Å². The summed E-state index contributed by atoms with van der Waals surface area (Å²) in [7, 11) is -3.09. The average Bonchev–Trinajstić information content (AvgIpc) is 2.67. The molecule has 0 aliphatic carbocycles. The highest BCUT2D eigenvalue weighted by molar-refractivity contribution is 7.88. The molecule has 0 amide bonds. The van der Waals surface area contributed by atoms with Crippen molar-refractivity contribution >= 4 is 10.0 Å². The smallest absolute Gasteiger partial charge is 0.211 e. The summed E-state index contributed by atoms with van der Waals surface area (Å²) in [5.74, 6) is 0. The summed E-state index contributed by atoms with van der Waals surface area (Å²) in [4.78, 5) is 4.02. The van der Waals surface area contributed by atoms with Crippen molar-refractivity contribution in [1.29, 1.82) is 0 Å². The Balaban J connectivity index is 2.30. The van der Waals surface area contributed by atoms with Gasteiger partial charge < -0.3 is 0 Å². The van der Waals surface area contributed by atoms with Gasteiger partial charge in [0, 0.05) is 18.9 Å². The third kappa shape index (κ3) is 2.18. The number of aromatic nitrogens is 1. The van der Waals surface area contributed by atoms with Gasteiger partial charge >= 0.3 is 0 Å². The molecule has 0 aromatic carbocycles. The Kier molecular flexibility index (Phi) is 2.75. The van der Waals surface area contributed by atoms with Crippen LogP contribution in [-0.4, -0.2) is 30.5 Å². The number of rotatable bonds is 2. The minimum Gasteiger partial charge on any atom is -0.264 e. The number of nitrogens with zero attached hydrogens (tertiary/aromatic N) is 2. The van der Waals surface area contributed by atoms with E-state index in [9.17, 15) is 8.42 Å². The maximum Gasteiger partial charge on any atom is 0.211 e. The molecule has 4 nitrogen and oxygen atoms in total. The molecular weight excluding hydrogens is 212 g/mol. The topological polar surface area (TPSA) is 50.3 Å². The van der Waals surface area contributed by atoms with E-state index < -0.39 is 10.0 Å². The molecule has 0 unspecified atom stereocenters. The first kappa shape index (κ1) is 10.6. The Morgan fingerprint density at radius 1 is 1.53 bits per heavy atom. The maximum absolute atomic E-state index is 11.5. The molecule has 5 heteroatoms. The second kappa shape index (κ2) is 3.90. The number of sulfonamides is 1. The van der Waals surface area contributed by atoms with Crippen LogP contribution in [0.5, 0.6) is 0 Å². The SMILES string of the molecule is CS(=O)(=O)N1CCC[C@@H]1c1cccnc1. The second-order valence-electron chi connectivity index (χ2n) is 3.82. The fourth-order valence-electron chi connectivity index (χ4n) is 2.04. The van der Waals surface area contributed by atoms with Crippen LogP contribution in [0.4, 0.5) is 0 Å². The molecule has 0 saturated carbocycles. The van der Waals surface area contributed by atoms with E-state index in [0.717, 1.165) is 18.4 Å². The number of hydrogen-bond donors (Lipinski definition) is 0. The lowest BCUT2D eigenvalue weighted by atomic mass is 10.1. The first-order valence-corrected chi connectivity index (χ1v) is 6.80. The number of hydrogen-bond acceptors (Lipinski definition) is 3. The van der Waals surface area contributed by atoms with Crippen molar-refractivity contribution in [3.05, 3.63) is 30.1 Å². The molecule has 0 bridgehead atoms. The highest BCUT2D eigenvalue weighted by atomic mass is 32.2. The van der Waals surface area contributed by atoms with Gasteiger partial charge in [-0.2, -0.15) is 4.31 Å². The molecular formula is C10H14N2O2S. The largest absolute Gasteiger partial charge is 0.264 e. The second-order valence-corrected chi connectivity index (χ2v) is 5.75. The zero-order valence-electron chi connectivity index (χ0n) is 8.63. The van der Waals surface area contributed by atoms with Gasteiger partial charge in [0.1, 0.15) is 0 Å². The van der Waals surface area contributed by atoms with Crippen molar-refractivity contribution in [3.63, 3.8) is 0 Å². The van der Waals surface area contributed by atoms with Gasteiger partial charge in [-0.25, -0.2) is 8.42 Å². The molecule has 1 aromatic rings. The summed E-state index contributed by atoms with van der Waals surface area (Å²) in [6.45, 7) is 0.623. The van der Waals surface area contributed by atoms with E-state index >= 15 is 0 Å². The normalized spacial score (nSPS) is 23.1. The summed E-state index contributed by atoms with van der Waals surface area (Å²) in [5.41, 5.74) is 0.987. The average molecular weight is 226 g/mol. The first-order chi connectivity index (χ1) is 7.09. The van der Waals surface area contributed by atoms with E-state index in [1.165, 1.54) is 6.26 Å². The van der Waals surface area contributed by atoms with Crippen molar-refractivity contribution < 1.29 is 8.42 Å². The van der Waals surface area contributed by atoms with E-state index in [-0.39, 0.29) is 6.04 Å². The van der Waals surface area contributed by atoms with Gasteiger partial charge in [-0.1, -0.05) is 6.07 Å². The molecule has 1 fully saturated rings. The quantitative estimate of drug-likeness (QED) is 0.760. The zero-order valence-corrected chi connectivity index (χ0v) is 9.44. The summed E-state index contributed by atoms with van der Waals surface area (Å²) in [6, 6.07) is 3.75. The molecule has 0 spiro atoms. The Bertz CT molecular complexity index is 430. The summed E-state index contributed by atoms with van der Waals surface area (Å²) >= 11 is 0. The Labute approximate surface area is 90.0 Å². The van der Waals surface area contributed by atoms with Crippen LogP contribution in [0, 0.1) is 0 Å². The molecule has 0 N–H and O–H groups in total. The highest BCUT2D eigenvalue weighted by Crippen LogP contribution is 2.32. The van der Waals surface area contributed by atoms with Crippen LogP contribution in [-0.2, 0) is 10.0 Å². The third-order valence-corrected chi connectivity index (χ3v) is 3.99. The predicted octanol–water partition coefficient (Wildman–Crippen LogP) is 1.18. The monoisotopic (exact) mass is 226 g/mol. The minimum absolute atomic E-state index is 0.0197. The molecule has 1 aromatic heterocycles.